The molecule has 9 nitrogen and oxygen atoms in total. The molecule has 1 aromatic rings. The van der Waals surface area contributed by atoms with Gasteiger partial charge in [0.05, 0.1) is 5.02 Å². The van der Waals surface area contributed by atoms with Crippen molar-refractivity contribution in [3.8, 4) is 0 Å². The molecule has 10 heteroatoms. The molecule has 1 saturated carbocycles. The van der Waals surface area contributed by atoms with Crippen LogP contribution in [0.25, 0.3) is 0 Å². The molecule has 2 fully saturated rings. The second kappa shape index (κ2) is 7.15. The van der Waals surface area contributed by atoms with Crippen LogP contribution in [0.3, 0.4) is 0 Å². The van der Waals surface area contributed by atoms with E-state index in [9.17, 15) is 19.2 Å². The van der Waals surface area contributed by atoms with Gasteiger partial charge >= 0.3 is 12.0 Å². The minimum absolute atomic E-state index is 0.0894. The third-order valence-electron chi connectivity index (χ3n) is 4.64. The van der Waals surface area contributed by atoms with Crippen LogP contribution in [0.1, 0.15) is 26.7 Å². The van der Waals surface area contributed by atoms with E-state index in [2.05, 4.69) is 15.6 Å². The zero-order valence-electron chi connectivity index (χ0n) is 14.8. The lowest BCUT2D eigenvalue weighted by Crippen LogP contribution is -2.46. The van der Waals surface area contributed by atoms with Gasteiger partial charge in [-0.15, -0.1) is 0 Å². The Balaban J connectivity index is 1.54. The fraction of sp³-hybridized carbons (Fsp3) is 0.471. The van der Waals surface area contributed by atoms with E-state index in [4.69, 9.17) is 16.3 Å². The number of urea groups is 1. The SMILES string of the molecule is C[C@H](OC(=O)CN1C(=O)N[C@@](C)(C2CC2)C1=O)C(=O)Nc1ccc(Cl)cn1. The van der Waals surface area contributed by atoms with Crippen molar-refractivity contribution in [1.29, 1.82) is 0 Å². The Bertz CT molecular complexity index is 795. The number of halogens is 1. The number of nitrogens with zero attached hydrogens (tertiary/aromatic N) is 2. The summed E-state index contributed by atoms with van der Waals surface area (Å²) in [5, 5.41) is 5.53. The highest BCUT2D eigenvalue weighted by atomic mass is 35.5. The molecular weight excluding hydrogens is 376 g/mol. The number of ether oxygens (including phenoxy) is 1. The van der Waals surface area contributed by atoms with Gasteiger partial charge in [0.2, 0.25) is 0 Å². The Labute approximate surface area is 160 Å². The van der Waals surface area contributed by atoms with Gasteiger partial charge in [-0.05, 0) is 44.7 Å². The van der Waals surface area contributed by atoms with Crippen molar-refractivity contribution >= 4 is 41.2 Å². The smallest absolute Gasteiger partial charge is 0.327 e. The van der Waals surface area contributed by atoms with Crippen molar-refractivity contribution in [2.75, 3.05) is 11.9 Å². The number of rotatable bonds is 6. The van der Waals surface area contributed by atoms with E-state index >= 15 is 0 Å². The molecule has 0 unspecified atom stereocenters. The predicted molar refractivity (Wildman–Crippen MR) is 94.8 cm³/mol. The summed E-state index contributed by atoms with van der Waals surface area (Å²) in [6, 6.07) is 2.42. The third kappa shape index (κ3) is 4.02. The van der Waals surface area contributed by atoms with E-state index < -0.39 is 42.0 Å². The van der Waals surface area contributed by atoms with Gasteiger partial charge in [0.25, 0.3) is 11.8 Å². The van der Waals surface area contributed by atoms with Crippen molar-refractivity contribution in [1.82, 2.24) is 15.2 Å². The highest BCUT2D eigenvalue weighted by Crippen LogP contribution is 2.42. The molecule has 1 aliphatic heterocycles. The number of hydrogen-bond acceptors (Lipinski definition) is 6. The van der Waals surface area contributed by atoms with Gasteiger partial charge in [-0.3, -0.25) is 19.3 Å². The summed E-state index contributed by atoms with van der Waals surface area (Å²) in [6.07, 6.45) is 1.95. The van der Waals surface area contributed by atoms with E-state index in [1.165, 1.54) is 19.2 Å². The second-order valence-corrected chi connectivity index (χ2v) is 7.22. The first-order valence-corrected chi connectivity index (χ1v) is 8.84. The van der Waals surface area contributed by atoms with Crippen LogP contribution in [0.15, 0.2) is 18.3 Å². The number of carbonyl (C=O) groups excluding carboxylic acids is 4. The molecule has 4 amide bonds. The molecule has 2 atom stereocenters. The first-order chi connectivity index (χ1) is 12.7. The number of aromatic nitrogens is 1. The largest absolute Gasteiger partial charge is 0.451 e. The van der Waals surface area contributed by atoms with Crippen molar-refractivity contribution in [2.24, 2.45) is 5.92 Å². The van der Waals surface area contributed by atoms with Crippen LogP contribution in [0.5, 0.6) is 0 Å². The van der Waals surface area contributed by atoms with Crippen LogP contribution in [0, 0.1) is 5.92 Å². The number of imide groups is 1. The number of carbonyl (C=O) groups is 4. The zero-order valence-corrected chi connectivity index (χ0v) is 15.6. The van der Waals surface area contributed by atoms with E-state index in [0.29, 0.717) is 5.02 Å². The minimum atomic E-state index is -1.13. The van der Waals surface area contributed by atoms with Crippen LogP contribution < -0.4 is 10.6 Å². The summed E-state index contributed by atoms with van der Waals surface area (Å²) in [6.45, 7) is 2.48. The van der Waals surface area contributed by atoms with Crippen molar-refractivity contribution in [2.45, 2.75) is 38.3 Å². The number of amides is 4. The van der Waals surface area contributed by atoms with E-state index in [1.54, 1.807) is 13.0 Å². The lowest BCUT2D eigenvalue weighted by molar-refractivity contribution is -0.155. The number of anilines is 1. The first kappa shape index (κ1) is 19.1. The minimum Gasteiger partial charge on any atom is -0.451 e. The first-order valence-electron chi connectivity index (χ1n) is 8.46. The molecule has 2 aliphatic rings. The Morgan fingerprint density at radius 3 is 2.74 bits per heavy atom. The van der Waals surface area contributed by atoms with Crippen LogP contribution in [0.4, 0.5) is 10.6 Å². The number of nitrogens with one attached hydrogen (secondary N) is 2. The van der Waals surface area contributed by atoms with Crippen molar-refractivity contribution in [3.05, 3.63) is 23.4 Å². The number of hydrogen-bond donors (Lipinski definition) is 2. The van der Waals surface area contributed by atoms with Crippen LogP contribution in [-0.2, 0) is 19.1 Å². The lowest BCUT2D eigenvalue weighted by atomic mass is 9.96. The monoisotopic (exact) mass is 394 g/mol. The summed E-state index contributed by atoms with van der Waals surface area (Å²) in [7, 11) is 0. The number of esters is 1. The summed E-state index contributed by atoms with van der Waals surface area (Å²) in [5.74, 6) is -1.56. The topological polar surface area (TPSA) is 118 Å². The highest BCUT2D eigenvalue weighted by Gasteiger charge is 2.56. The maximum absolute atomic E-state index is 12.5. The van der Waals surface area contributed by atoms with Gasteiger partial charge in [-0.25, -0.2) is 9.78 Å². The molecule has 2 heterocycles. The summed E-state index contributed by atoms with van der Waals surface area (Å²) in [5.41, 5.74) is -0.972. The van der Waals surface area contributed by atoms with Crippen LogP contribution in [0.2, 0.25) is 5.02 Å². The molecule has 3 rings (SSSR count). The van der Waals surface area contributed by atoms with E-state index in [0.717, 1.165) is 17.7 Å². The third-order valence-corrected chi connectivity index (χ3v) is 4.86. The molecular formula is C17H19ClN4O5. The predicted octanol–water partition coefficient (Wildman–Crippen LogP) is 1.33. The van der Waals surface area contributed by atoms with Crippen molar-refractivity contribution in [3.63, 3.8) is 0 Å². The van der Waals surface area contributed by atoms with Gasteiger partial charge in [-0.1, -0.05) is 11.6 Å². The highest BCUT2D eigenvalue weighted by molar-refractivity contribution is 6.30. The van der Waals surface area contributed by atoms with Gasteiger partial charge < -0.3 is 15.4 Å². The molecule has 1 saturated heterocycles. The Morgan fingerprint density at radius 1 is 1.44 bits per heavy atom. The maximum Gasteiger partial charge on any atom is 0.327 e. The second-order valence-electron chi connectivity index (χ2n) is 6.78. The Kier molecular flexibility index (Phi) is 5.05. The van der Waals surface area contributed by atoms with E-state index in [1.807, 2.05) is 0 Å². The molecule has 0 spiro atoms. The Hall–Kier alpha value is -2.68. The van der Waals surface area contributed by atoms with Crippen LogP contribution in [-0.4, -0.2) is 51.9 Å². The fourth-order valence-electron chi connectivity index (χ4n) is 2.89. The molecule has 1 aliphatic carbocycles. The molecule has 0 radical (unpaired) electrons. The normalized spacial score (nSPS) is 23.0. The van der Waals surface area contributed by atoms with Gasteiger partial charge in [0.15, 0.2) is 6.10 Å². The molecule has 1 aromatic heterocycles. The average molecular weight is 395 g/mol. The molecule has 144 valence electrons. The maximum atomic E-state index is 12.5. The lowest BCUT2D eigenvalue weighted by Gasteiger charge is -2.21. The average Bonchev–Trinajstić information content (AvgIpc) is 3.43. The van der Waals surface area contributed by atoms with Gasteiger partial charge in [0.1, 0.15) is 17.9 Å². The Morgan fingerprint density at radius 2 is 2.15 bits per heavy atom. The van der Waals surface area contributed by atoms with Crippen molar-refractivity contribution < 1.29 is 23.9 Å². The fourth-order valence-corrected chi connectivity index (χ4v) is 3.00. The summed E-state index contributed by atoms with van der Waals surface area (Å²) >= 11 is 5.72. The molecule has 2 N–H and O–H groups in total. The summed E-state index contributed by atoms with van der Waals surface area (Å²) < 4.78 is 5.03. The molecule has 0 bridgehead atoms. The molecule has 0 aromatic carbocycles. The summed E-state index contributed by atoms with van der Waals surface area (Å²) in [4.78, 5) is 53.4. The quantitative estimate of drug-likeness (QED) is 0.555. The van der Waals surface area contributed by atoms with Crippen LogP contribution >= 0.6 is 11.6 Å². The zero-order chi connectivity index (χ0) is 19.8. The van der Waals surface area contributed by atoms with E-state index in [-0.39, 0.29) is 11.7 Å². The number of pyridine rings is 1. The standard InChI is InChI=1S/C17H19ClN4O5/c1-9(14(24)20-12-6-5-11(18)7-19-12)27-13(23)8-22-15(25)17(2,10-3-4-10)21-16(22)26/h5-7,9-10H,3-4,8H2,1-2H3,(H,21,26)(H,19,20,24)/t9-,17-/m0/s1. The molecule has 27 heavy (non-hydrogen) atoms. The van der Waals surface area contributed by atoms with Gasteiger partial charge in [0, 0.05) is 6.20 Å². The van der Waals surface area contributed by atoms with Gasteiger partial charge in [-0.2, -0.15) is 0 Å².